The van der Waals surface area contributed by atoms with Crippen LogP contribution in [-0.4, -0.2) is 12.8 Å². The van der Waals surface area contributed by atoms with Crippen molar-refractivity contribution >= 4 is 17.3 Å². The Morgan fingerprint density at radius 1 is 1.00 bits per heavy atom. The second-order valence-electron chi connectivity index (χ2n) is 4.44. The summed E-state index contributed by atoms with van der Waals surface area (Å²) < 4.78 is 0. The molecule has 2 aromatic carbocycles. The van der Waals surface area contributed by atoms with Crippen molar-refractivity contribution in [3.05, 3.63) is 87.1 Å². The lowest BCUT2D eigenvalue weighted by molar-refractivity contribution is 0.983. The summed E-state index contributed by atoms with van der Waals surface area (Å²) >= 11 is 1.71. The molecule has 0 amide bonds. The lowest BCUT2D eigenvalue weighted by Crippen LogP contribution is -1.94. The van der Waals surface area contributed by atoms with Gasteiger partial charge in [0.2, 0.25) is 0 Å². The number of hydrogen-bond donors (Lipinski definition) is 0. The molecular formula is C17H17N3S. The van der Waals surface area contributed by atoms with Gasteiger partial charge in [-0.1, -0.05) is 65.8 Å². The third-order valence-electron chi connectivity index (χ3n) is 3.15. The molecule has 0 unspecified atom stereocenters. The standard InChI is InChI=1S/C17H17N3S/c1-21-16(12-13-19-20-18)17(14-8-4-2-5-9-14)15-10-6-3-7-11-15/h2-11H,12-13H2,1H3. The highest BCUT2D eigenvalue weighted by Crippen LogP contribution is 2.33. The van der Waals surface area contributed by atoms with Crippen LogP contribution >= 0.6 is 11.8 Å². The van der Waals surface area contributed by atoms with Crippen molar-refractivity contribution < 1.29 is 0 Å². The molecule has 3 nitrogen and oxygen atoms in total. The van der Waals surface area contributed by atoms with Crippen molar-refractivity contribution in [1.29, 1.82) is 0 Å². The van der Waals surface area contributed by atoms with Crippen LogP contribution in [0.5, 0.6) is 0 Å². The fraction of sp³-hybridized carbons (Fsp3) is 0.176. The van der Waals surface area contributed by atoms with Gasteiger partial charge in [-0.25, -0.2) is 0 Å². The van der Waals surface area contributed by atoms with Crippen molar-refractivity contribution in [2.75, 3.05) is 12.8 Å². The monoisotopic (exact) mass is 295 g/mol. The van der Waals surface area contributed by atoms with Gasteiger partial charge < -0.3 is 0 Å². The Labute approximate surface area is 129 Å². The highest BCUT2D eigenvalue weighted by Gasteiger charge is 2.10. The zero-order chi connectivity index (χ0) is 14.9. The zero-order valence-electron chi connectivity index (χ0n) is 11.9. The molecule has 0 atom stereocenters. The van der Waals surface area contributed by atoms with E-state index < -0.39 is 0 Å². The van der Waals surface area contributed by atoms with Gasteiger partial charge in [-0.15, -0.1) is 11.8 Å². The van der Waals surface area contributed by atoms with E-state index in [-0.39, 0.29) is 0 Å². The van der Waals surface area contributed by atoms with Gasteiger partial charge in [0.1, 0.15) is 0 Å². The van der Waals surface area contributed by atoms with Crippen LogP contribution < -0.4 is 0 Å². The van der Waals surface area contributed by atoms with E-state index in [9.17, 15) is 0 Å². The van der Waals surface area contributed by atoms with Gasteiger partial charge in [0, 0.05) is 11.5 Å². The van der Waals surface area contributed by atoms with Crippen LogP contribution in [0.1, 0.15) is 17.5 Å². The lowest BCUT2D eigenvalue weighted by atomic mass is 9.97. The molecule has 2 rings (SSSR count). The molecule has 0 aliphatic carbocycles. The molecule has 106 valence electrons. The van der Waals surface area contributed by atoms with E-state index in [4.69, 9.17) is 5.53 Å². The molecule has 0 heterocycles. The quantitative estimate of drug-likeness (QED) is 0.394. The zero-order valence-corrected chi connectivity index (χ0v) is 12.8. The summed E-state index contributed by atoms with van der Waals surface area (Å²) in [5.41, 5.74) is 12.1. The van der Waals surface area contributed by atoms with E-state index in [2.05, 4.69) is 40.5 Å². The van der Waals surface area contributed by atoms with Crippen LogP contribution in [-0.2, 0) is 0 Å². The van der Waals surface area contributed by atoms with E-state index in [1.165, 1.54) is 21.6 Å². The van der Waals surface area contributed by atoms with Gasteiger partial charge in [0.15, 0.2) is 0 Å². The third kappa shape index (κ3) is 4.15. The summed E-state index contributed by atoms with van der Waals surface area (Å²) in [6.07, 6.45) is 2.82. The molecule has 0 radical (unpaired) electrons. The maximum absolute atomic E-state index is 8.46. The van der Waals surface area contributed by atoms with Crippen LogP contribution in [0.2, 0.25) is 0 Å². The van der Waals surface area contributed by atoms with Gasteiger partial charge in [-0.2, -0.15) is 0 Å². The molecule has 0 aromatic heterocycles. The lowest BCUT2D eigenvalue weighted by Gasteiger charge is -2.14. The minimum absolute atomic E-state index is 0.482. The molecule has 0 spiro atoms. The van der Waals surface area contributed by atoms with Gasteiger partial charge in [-0.3, -0.25) is 0 Å². The van der Waals surface area contributed by atoms with Crippen LogP contribution in [0.15, 0.2) is 70.7 Å². The average molecular weight is 295 g/mol. The second kappa shape index (κ2) is 8.20. The Kier molecular flexibility index (Phi) is 5.95. The predicted molar refractivity (Wildman–Crippen MR) is 91.1 cm³/mol. The Morgan fingerprint density at radius 3 is 1.95 bits per heavy atom. The maximum atomic E-state index is 8.46. The molecule has 0 fully saturated rings. The van der Waals surface area contributed by atoms with Crippen molar-refractivity contribution in [2.24, 2.45) is 5.11 Å². The van der Waals surface area contributed by atoms with Gasteiger partial charge in [0.25, 0.3) is 0 Å². The van der Waals surface area contributed by atoms with E-state index in [1.54, 1.807) is 11.8 Å². The highest BCUT2D eigenvalue weighted by molar-refractivity contribution is 8.02. The maximum Gasteiger partial charge on any atom is 0.0303 e. The highest BCUT2D eigenvalue weighted by atomic mass is 32.2. The number of thioether (sulfide) groups is 1. The van der Waals surface area contributed by atoms with Gasteiger partial charge in [-0.05, 0) is 39.8 Å². The van der Waals surface area contributed by atoms with E-state index >= 15 is 0 Å². The minimum Gasteiger partial charge on any atom is -0.133 e. The number of nitrogens with zero attached hydrogens (tertiary/aromatic N) is 3. The van der Waals surface area contributed by atoms with Crippen LogP contribution in [0.3, 0.4) is 0 Å². The minimum atomic E-state index is 0.482. The molecular weight excluding hydrogens is 278 g/mol. The topological polar surface area (TPSA) is 48.8 Å². The summed E-state index contributed by atoms with van der Waals surface area (Å²) in [4.78, 5) is 4.08. The fourth-order valence-corrected chi connectivity index (χ4v) is 2.96. The smallest absolute Gasteiger partial charge is 0.0303 e. The summed E-state index contributed by atoms with van der Waals surface area (Å²) in [6, 6.07) is 20.7. The van der Waals surface area contributed by atoms with E-state index in [1.807, 2.05) is 36.4 Å². The Bertz CT molecular complexity index is 603. The van der Waals surface area contributed by atoms with E-state index in [0.29, 0.717) is 6.54 Å². The molecule has 0 saturated carbocycles. The fourth-order valence-electron chi connectivity index (χ4n) is 2.22. The summed E-state index contributed by atoms with van der Waals surface area (Å²) in [5.74, 6) is 0. The molecule has 0 bridgehead atoms. The first-order chi connectivity index (χ1) is 10.4. The van der Waals surface area contributed by atoms with E-state index in [0.717, 1.165) is 6.42 Å². The van der Waals surface area contributed by atoms with Crippen molar-refractivity contribution in [3.8, 4) is 0 Å². The second-order valence-corrected chi connectivity index (χ2v) is 5.34. The summed E-state index contributed by atoms with van der Waals surface area (Å²) in [6.45, 7) is 0.482. The van der Waals surface area contributed by atoms with Crippen LogP contribution in [0, 0.1) is 0 Å². The normalized spacial score (nSPS) is 9.76. The Balaban J connectivity index is 2.51. The molecule has 4 heteroatoms. The largest absolute Gasteiger partial charge is 0.133 e. The van der Waals surface area contributed by atoms with Crippen LogP contribution in [0.4, 0.5) is 0 Å². The number of azide groups is 1. The molecule has 0 N–H and O–H groups in total. The van der Waals surface area contributed by atoms with Gasteiger partial charge >= 0.3 is 0 Å². The SMILES string of the molecule is CSC(CCN=[N+]=[N-])=C(c1ccccc1)c1ccccc1. The summed E-state index contributed by atoms with van der Waals surface area (Å²) in [5, 5.41) is 3.66. The first-order valence-corrected chi connectivity index (χ1v) is 7.98. The van der Waals surface area contributed by atoms with Gasteiger partial charge in [0.05, 0.1) is 0 Å². The average Bonchev–Trinajstić information content (AvgIpc) is 2.56. The molecule has 2 aromatic rings. The molecule has 21 heavy (non-hydrogen) atoms. The first-order valence-electron chi connectivity index (χ1n) is 6.75. The Hall–Kier alpha value is -2.16. The van der Waals surface area contributed by atoms with Crippen LogP contribution in [0.25, 0.3) is 16.0 Å². The molecule has 0 saturated heterocycles. The predicted octanol–water partition coefficient (Wildman–Crippen LogP) is 5.51. The summed E-state index contributed by atoms with van der Waals surface area (Å²) in [7, 11) is 0. The number of rotatable bonds is 6. The molecule has 0 aliphatic heterocycles. The van der Waals surface area contributed by atoms with Crippen molar-refractivity contribution in [2.45, 2.75) is 6.42 Å². The first kappa shape index (κ1) is 15.2. The Morgan fingerprint density at radius 2 is 1.52 bits per heavy atom. The number of benzene rings is 2. The number of hydrogen-bond acceptors (Lipinski definition) is 2. The third-order valence-corrected chi connectivity index (χ3v) is 4.05. The van der Waals surface area contributed by atoms with Crippen molar-refractivity contribution in [1.82, 2.24) is 0 Å². The van der Waals surface area contributed by atoms with Crippen molar-refractivity contribution in [3.63, 3.8) is 0 Å². The molecule has 0 aliphatic rings.